The number of nitrogens with zero attached hydrogens (tertiary/aromatic N) is 2. The summed E-state index contributed by atoms with van der Waals surface area (Å²) in [6.07, 6.45) is 0. The number of rotatable bonds is 3. The maximum Gasteiger partial charge on any atom is 0.246 e. The predicted molar refractivity (Wildman–Crippen MR) is 79.7 cm³/mol. The van der Waals surface area contributed by atoms with Gasteiger partial charge in [-0.15, -0.1) is 0 Å². The van der Waals surface area contributed by atoms with Gasteiger partial charge in [0.05, 0.1) is 12.6 Å². The van der Waals surface area contributed by atoms with Crippen molar-refractivity contribution in [1.29, 1.82) is 0 Å². The van der Waals surface area contributed by atoms with Crippen LogP contribution in [0.15, 0.2) is 12.1 Å². The number of amides is 2. The first-order valence-electron chi connectivity index (χ1n) is 6.92. The van der Waals surface area contributed by atoms with Gasteiger partial charge >= 0.3 is 0 Å². The number of hydrogen-bond acceptors (Lipinski definition) is 3. The zero-order valence-corrected chi connectivity index (χ0v) is 13.4. The molecule has 5 nitrogen and oxygen atoms in total. The minimum Gasteiger partial charge on any atom is -0.392 e. The fraction of sp³-hybridized carbons (Fsp3) is 0.467. The molecule has 22 heavy (non-hydrogen) atoms. The Kier molecular flexibility index (Phi) is 4.72. The molecule has 0 aliphatic carbocycles. The lowest BCUT2D eigenvalue weighted by Crippen LogP contribution is -2.57. The minimum atomic E-state index is -0.578. The van der Waals surface area contributed by atoms with E-state index < -0.39 is 17.9 Å². The summed E-state index contributed by atoms with van der Waals surface area (Å²) >= 11 is 5.96. The van der Waals surface area contributed by atoms with Gasteiger partial charge in [0.25, 0.3) is 0 Å². The topological polar surface area (TPSA) is 60.9 Å². The molecule has 0 spiro atoms. The Morgan fingerprint density at radius 1 is 1.45 bits per heavy atom. The highest BCUT2D eigenvalue weighted by atomic mass is 35.5. The molecule has 1 N–H and O–H groups in total. The lowest BCUT2D eigenvalue weighted by Gasteiger charge is -2.40. The first kappa shape index (κ1) is 16.7. The van der Waals surface area contributed by atoms with Gasteiger partial charge in [0.15, 0.2) is 0 Å². The van der Waals surface area contributed by atoms with Crippen molar-refractivity contribution < 1.29 is 19.1 Å². The number of halogens is 2. The molecule has 2 atom stereocenters. The van der Waals surface area contributed by atoms with E-state index in [0.717, 1.165) is 6.07 Å². The van der Waals surface area contributed by atoms with Gasteiger partial charge in [-0.2, -0.15) is 0 Å². The predicted octanol–water partition coefficient (Wildman–Crippen LogP) is 1.72. The van der Waals surface area contributed by atoms with E-state index in [1.54, 1.807) is 20.9 Å². The van der Waals surface area contributed by atoms with Gasteiger partial charge in [-0.3, -0.25) is 9.59 Å². The van der Waals surface area contributed by atoms with Gasteiger partial charge in [0, 0.05) is 17.6 Å². The number of aliphatic hydroxyl groups excluding tert-OH is 1. The Morgan fingerprint density at radius 2 is 2.09 bits per heavy atom. The van der Waals surface area contributed by atoms with Gasteiger partial charge in [0.2, 0.25) is 11.8 Å². The van der Waals surface area contributed by atoms with E-state index in [-0.39, 0.29) is 30.0 Å². The molecule has 1 aliphatic heterocycles. The number of carbonyl (C=O) groups is 2. The highest BCUT2D eigenvalue weighted by Gasteiger charge is 2.37. The van der Waals surface area contributed by atoms with Crippen molar-refractivity contribution in [2.75, 3.05) is 13.6 Å². The Balaban J connectivity index is 2.42. The van der Waals surface area contributed by atoms with E-state index >= 15 is 0 Å². The second kappa shape index (κ2) is 6.22. The molecule has 1 aromatic rings. The first-order valence-corrected chi connectivity index (χ1v) is 7.30. The van der Waals surface area contributed by atoms with Crippen molar-refractivity contribution in [2.45, 2.75) is 32.5 Å². The fourth-order valence-electron chi connectivity index (χ4n) is 2.62. The SMILES string of the molecule is CC1C(=O)N([C@@H](C)c2cc(F)cc(Cl)c2CO)CC(=O)N1C. The number of likely N-dealkylation sites (N-methyl/N-ethyl adjacent to an activating group) is 1. The Bertz CT molecular complexity index is 623. The number of hydrogen-bond donors (Lipinski definition) is 1. The van der Waals surface area contributed by atoms with Crippen LogP contribution in [-0.2, 0) is 16.2 Å². The second-order valence-electron chi connectivity index (χ2n) is 5.44. The monoisotopic (exact) mass is 328 g/mol. The second-order valence-corrected chi connectivity index (χ2v) is 5.84. The van der Waals surface area contributed by atoms with Crippen molar-refractivity contribution >= 4 is 23.4 Å². The normalized spacial score (nSPS) is 20.5. The van der Waals surface area contributed by atoms with Crippen molar-refractivity contribution in [3.05, 3.63) is 34.1 Å². The molecule has 1 aliphatic rings. The largest absolute Gasteiger partial charge is 0.392 e. The standard InChI is InChI=1S/C15H18ClFN2O3/c1-8(11-4-10(17)5-13(16)12(11)7-20)19-6-14(21)18(3)9(2)15(19)22/h4-5,8-9,20H,6-7H2,1-3H3/t8-,9?/m0/s1. The maximum absolute atomic E-state index is 13.6. The Labute approximate surface area is 133 Å². The summed E-state index contributed by atoms with van der Waals surface area (Å²) in [5.41, 5.74) is 0.771. The van der Waals surface area contributed by atoms with Crippen molar-refractivity contribution in [3.63, 3.8) is 0 Å². The van der Waals surface area contributed by atoms with E-state index in [9.17, 15) is 19.1 Å². The Morgan fingerprint density at radius 3 is 2.68 bits per heavy atom. The first-order chi connectivity index (χ1) is 10.3. The third kappa shape index (κ3) is 2.80. The third-order valence-electron chi connectivity index (χ3n) is 4.19. The molecular weight excluding hydrogens is 311 g/mol. The molecular formula is C15H18ClFN2O3. The number of aliphatic hydroxyl groups is 1. The molecule has 1 heterocycles. The van der Waals surface area contributed by atoms with Crippen LogP contribution in [0.2, 0.25) is 5.02 Å². The van der Waals surface area contributed by atoms with Crippen molar-refractivity contribution in [1.82, 2.24) is 9.80 Å². The minimum absolute atomic E-state index is 0.0835. The van der Waals surface area contributed by atoms with Crippen molar-refractivity contribution in [2.24, 2.45) is 0 Å². The van der Waals surface area contributed by atoms with E-state index in [2.05, 4.69) is 0 Å². The summed E-state index contributed by atoms with van der Waals surface area (Å²) in [7, 11) is 1.57. The zero-order valence-electron chi connectivity index (χ0n) is 12.6. The number of benzene rings is 1. The third-order valence-corrected chi connectivity index (χ3v) is 4.53. The summed E-state index contributed by atoms with van der Waals surface area (Å²) in [5, 5.41) is 9.57. The van der Waals surface area contributed by atoms with Crippen LogP contribution < -0.4 is 0 Å². The lowest BCUT2D eigenvalue weighted by molar-refractivity contribution is -0.155. The molecule has 2 rings (SSSR count). The van der Waals surface area contributed by atoms with Crippen LogP contribution >= 0.6 is 11.6 Å². The number of piperazine rings is 1. The van der Waals surface area contributed by atoms with Crippen LogP contribution in [0.1, 0.15) is 31.0 Å². The smallest absolute Gasteiger partial charge is 0.246 e. The summed E-state index contributed by atoms with van der Waals surface area (Å²) in [6.45, 7) is 2.88. The molecule has 0 aromatic heterocycles. The molecule has 120 valence electrons. The molecule has 0 saturated carbocycles. The van der Waals surface area contributed by atoms with Crippen LogP contribution in [0.25, 0.3) is 0 Å². The van der Waals surface area contributed by atoms with Gasteiger partial charge < -0.3 is 14.9 Å². The fourth-order valence-corrected chi connectivity index (χ4v) is 2.89. The quantitative estimate of drug-likeness (QED) is 0.919. The van der Waals surface area contributed by atoms with Crippen LogP contribution in [0, 0.1) is 5.82 Å². The van der Waals surface area contributed by atoms with Gasteiger partial charge in [-0.05, 0) is 31.5 Å². The van der Waals surface area contributed by atoms with E-state index in [1.807, 2.05) is 0 Å². The molecule has 1 saturated heterocycles. The molecule has 2 amide bonds. The number of carbonyl (C=O) groups excluding carboxylic acids is 2. The zero-order chi connectivity index (χ0) is 16.6. The van der Waals surface area contributed by atoms with Crippen LogP contribution in [0.3, 0.4) is 0 Å². The average Bonchev–Trinajstić information content (AvgIpc) is 2.47. The van der Waals surface area contributed by atoms with Crippen LogP contribution in [0.5, 0.6) is 0 Å². The molecule has 7 heteroatoms. The summed E-state index contributed by atoms with van der Waals surface area (Å²) in [4.78, 5) is 27.1. The summed E-state index contributed by atoms with van der Waals surface area (Å²) in [6, 6.07) is 1.21. The molecule has 0 bridgehead atoms. The van der Waals surface area contributed by atoms with Crippen LogP contribution in [-0.4, -0.2) is 46.4 Å². The van der Waals surface area contributed by atoms with Gasteiger partial charge in [-0.1, -0.05) is 11.6 Å². The summed E-state index contributed by atoms with van der Waals surface area (Å²) < 4.78 is 13.6. The van der Waals surface area contributed by atoms with Gasteiger partial charge in [0.1, 0.15) is 18.4 Å². The highest BCUT2D eigenvalue weighted by molar-refractivity contribution is 6.31. The van der Waals surface area contributed by atoms with E-state index in [4.69, 9.17) is 11.6 Å². The van der Waals surface area contributed by atoms with E-state index in [1.165, 1.54) is 15.9 Å². The molecule has 1 fully saturated rings. The average molecular weight is 329 g/mol. The highest BCUT2D eigenvalue weighted by Crippen LogP contribution is 2.31. The summed E-state index contributed by atoms with van der Waals surface area (Å²) in [5.74, 6) is -0.962. The van der Waals surface area contributed by atoms with E-state index in [0.29, 0.717) is 11.1 Å². The molecule has 0 radical (unpaired) electrons. The maximum atomic E-state index is 13.6. The molecule has 1 aromatic carbocycles. The van der Waals surface area contributed by atoms with Gasteiger partial charge in [-0.25, -0.2) is 4.39 Å². The lowest BCUT2D eigenvalue weighted by atomic mass is 9.98. The van der Waals surface area contributed by atoms with Crippen molar-refractivity contribution in [3.8, 4) is 0 Å². The Hall–Kier alpha value is -1.66. The molecule has 1 unspecified atom stereocenters. The van der Waals surface area contributed by atoms with Crippen LogP contribution in [0.4, 0.5) is 4.39 Å².